The summed E-state index contributed by atoms with van der Waals surface area (Å²) in [6.45, 7) is 2.49. The molecule has 2 saturated heterocycles. The molecule has 1 aromatic carbocycles. The second kappa shape index (κ2) is 7.26. The Labute approximate surface area is 157 Å². The molecule has 0 saturated carbocycles. The lowest BCUT2D eigenvalue weighted by Crippen LogP contribution is -2.55. The number of carbonyl (C=O) groups is 2. The average Bonchev–Trinajstić information content (AvgIpc) is 3.07. The van der Waals surface area contributed by atoms with E-state index in [1.807, 2.05) is 29.2 Å². The average molecular weight is 371 g/mol. The summed E-state index contributed by atoms with van der Waals surface area (Å²) in [5, 5.41) is 18.0. The first-order chi connectivity index (χ1) is 13.1. The van der Waals surface area contributed by atoms with E-state index in [9.17, 15) is 14.7 Å². The summed E-state index contributed by atoms with van der Waals surface area (Å²) < 4.78 is 0. The first-order valence-corrected chi connectivity index (χ1v) is 9.55. The van der Waals surface area contributed by atoms with Crippen LogP contribution in [0.25, 0.3) is 11.0 Å². The van der Waals surface area contributed by atoms with E-state index >= 15 is 0 Å². The minimum Gasteiger partial charge on any atom is -0.395 e. The lowest BCUT2D eigenvalue weighted by Gasteiger charge is -2.48. The van der Waals surface area contributed by atoms with Gasteiger partial charge in [0, 0.05) is 38.0 Å². The van der Waals surface area contributed by atoms with Crippen molar-refractivity contribution in [1.82, 2.24) is 24.8 Å². The Bertz CT molecular complexity index is 818. The van der Waals surface area contributed by atoms with Crippen LogP contribution in [0.1, 0.15) is 25.7 Å². The SMILES string of the molecule is O=C1CC[C@@]2(CCCN(C(=O)Cn3nc4ccccc4n3)C2)CN1CCO. The summed E-state index contributed by atoms with van der Waals surface area (Å²) in [5.74, 6) is 0.116. The molecule has 2 aromatic rings. The van der Waals surface area contributed by atoms with Crippen molar-refractivity contribution in [3.05, 3.63) is 24.3 Å². The summed E-state index contributed by atoms with van der Waals surface area (Å²) in [5.41, 5.74) is 1.51. The van der Waals surface area contributed by atoms with Crippen LogP contribution in [0, 0.1) is 5.41 Å². The molecule has 2 amide bonds. The summed E-state index contributed by atoms with van der Waals surface area (Å²) in [4.78, 5) is 30.0. The minimum atomic E-state index is -0.0563. The van der Waals surface area contributed by atoms with Gasteiger partial charge < -0.3 is 14.9 Å². The number of hydrogen-bond donors (Lipinski definition) is 1. The van der Waals surface area contributed by atoms with Crippen molar-refractivity contribution in [2.45, 2.75) is 32.2 Å². The van der Waals surface area contributed by atoms with Crippen LogP contribution in [-0.2, 0) is 16.1 Å². The Kier molecular flexibility index (Phi) is 4.82. The zero-order chi connectivity index (χ0) is 18.9. The number of fused-ring (bicyclic) bond motifs is 1. The molecule has 4 rings (SSSR count). The van der Waals surface area contributed by atoms with Gasteiger partial charge in [0.1, 0.15) is 17.6 Å². The van der Waals surface area contributed by atoms with Gasteiger partial charge in [-0.05, 0) is 31.4 Å². The van der Waals surface area contributed by atoms with E-state index in [0.29, 0.717) is 26.1 Å². The molecule has 8 nitrogen and oxygen atoms in total. The number of aliphatic hydroxyl groups is 1. The molecule has 1 aromatic heterocycles. The molecule has 2 fully saturated rings. The van der Waals surface area contributed by atoms with Gasteiger partial charge >= 0.3 is 0 Å². The number of aliphatic hydroxyl groups excluding tert-OH is 1. The van der Waals surface area contributed by atoms with Gasteiger partial charge in [0.2, 0.25) is 11.8 Å². The van der Waals surface area contributed by atoms with Gasteiger partial charge in [0.05, 0.1) is 6.61 Å². The molecule has 1 atom stereocenters. The zero-order valence-electron chi connectivity index (χ0n) is 15.4. The highest BCUT2D eigenvalue weighted by Crippen LogP contribution is 2.38. The molecule has 0 unspecified atom stereocenters. The molecule has 2 aliphatic rings. The van der Waals surface area contributed by atoms with Crippen molar-refractivity contribution in [2.75, 3.05) is 32.8 Å². The van der Waals surface area contributed by atoms with Crippen LogP contribution in [-0.4, -0.2) is 74.5 Å². The summed E-state index contributed by atoms with van der Waals surface area (Å²) >= 11 is 0. The lowest BCUT2D eigenvalue weighted by molar-refractivity contribution is -0.143. The van der Waals surface area contributed by atoms with Crippen molar-refractivity contribution in [3.8, 4) is 0 Å². The number of aromatic nitrogens is 3. The maximum atomic E-state index is 12.8. The molecule has 0 radical (unpaired) electrons. The van der Waals surface area contributed by atoms with Crippen LogP contribution < -0.4 is 0 Å². The van der Waals surface area contributed by atoms with Gasteiger partial charge in [-0.1, -0.05) is 12.1 Å². The Morgan fingerprint density at radius 3 is 2.59 bits per heavy atom. The van der Waals surface area contributed by atoms with Gasteiger partial charge in [-0.15, -0.1) is 0 Å². The largest absolute Gasteiger partial charge is 0.395 e. The summed E-state index contributed by atoms with van der Waals surface area (Å²) in [7, 11) is 0. The van der Waals surface area contributed by atoms with Gasteiger partial charge in [0.15, 0.2) is 0 Å². The Morgan fingerprint density at radius 1 is 1.15 bits per heavy atom. The molecular weight excluding hydrogens is 346 g/mol. The number of nitrogens with zero attached hydrogens (tertiary/aromatic N) is 5. The predicted molar refractivity (Wildman–Crippen MR) is 98.7 cm³/mol. The molecule has 27 heavy (non-hydrogen) atoms. The normalized spacial score (nSPS) is 23.4. The van der Waals surface area contributed by atoms with Crippen molar-refractivity contribution >= 4 is 22.8 Å². The van der Waals surface area contributed by atoms with E-state index in [0.717, 1.165) is 36.8 Å². The number of carbonyl (C=O) groups excluding carboxylic acids is 2. The number of likely N-dealkylation sites (tertiary alicyclic amines) is 2. The molecule has 2 aliphatic heterocycles. The number of benzene rings is 1. The number of hydrogen-bond acceptors (Lipinski definition) is 5. The molecular formula is C19H25N5O3. The van der Waals surface area contributed by atoms with E-state index in [-0.39, 0.29) is 30.4 Å². The van der Waals surface area contributed by atoms with E-state index < -0.39 is 0 Å². The first kappa shape index (κ1) is 17.9. The van der Waals surface area contributed by atoms with Crippen LogP contribution in [0.3, 0.4) is 0 Å². The lowest BCUT2D eigenvalue weighted by atomic mass is 9.73. The number of amides is 2. The topological polar surface area (TPSA) is 91.6 Å². The van der Waals surface area contributed by atoms with Crippen LogP contribution in [0.15, 0.2) is 24.3 Å². The van der Waals surface area contributed by atoms with Crippen molar-refractivity contribution in [3.63, 3.8) is 0 Å². The highest BCUT2D eigenvalue weighted by atomic mass is 16.3. The number of β-amino-alcohol motifs (C(OH)–C–C–N with tert-alkyl or cyclic N) is 1. The van der Waals surface area contributed by atoms with Crippen molar-refractivity contribution < 1.29 is 14.7 Å². The van der Waals surface area contributed by atoms with Gasteiger partial charge in [0.25, 0.3) is 0 Å². The standard InChI is InChI=1S/C19H25N5O3/c25-11-10-23-14-19(8-6-17(23)26)7-3-9-22(13-19)18(27)12-24-20-15-4-1-2-5-16(15)21-24/h1-2,4-5,25H,3,6-14H2/t19-/m1/s1. The van der Waals surface area contributed by atoms with E-state index in [4.69, 9.17) is 0 Å². The third-order valence-electron chi connectivity index (χ3n) is 5.74. The monoisotopic (exact) mass is 371 g/mol. The minimum absolute atomic E-state index is 0.0139. The van der Waals surface area contributed by atoms with Crippen LogP contribution >= 0.6 is 0 Å². The number of rotatable bonds is 4. The smallest absolute Gasteiger partial charge is 0.246 e. The van der Waals surface area contributed by atoms with Gasteiger partial charge in [-0.2, -0.15) is 15.0 Å². The van der Waals surface area contributed by atoms with Crippen molar-refractivity contribution in [1.29, 1.82) is 0 Å². The second-order valence-electron chi connectivity index (χ2n) is 7.68. The molecule has 1 spiro atoms. The number of piperidine rings is 2. The highest BCUT2D eigenvalue weighted by molar-refractivity contribution is 5.78. The van der Waals surface area contributed by atoms with E-state index in [1.54, 1.807) is 4.90 Å². The Hall–Kier alpha value is -2.48. The van der Waals surface area contributed by atoms with Gasteiger partial charge in [-0.3, -0.25) is 9.59 Å². The third-order valence-corrected chi connectivity index (χ3v) is 5.74. The predicted octanol–water partition coefficient (Wildman–Crippen LogP) is 0.655. The molecule has 0 aliphatic carbocycles. The maximum absolute atomic E-state index is 12.8. The highest BCUT2D eigenvalue weighted by Gasteiger charge is 2.42. The van der Waals surface area contributed by atoms with E-state index in [1.165, 1.54) is 4.80 Å². The summed E-state index contributed by atoms with van der Waals surface area (Å²) in [6, 6.07) is 7.57. The molecule has 3 heterocycles. The molecule has 8 heteroatoms. The van der Waals surface area contributed by atoms with Crippen LogP contribution in [0.5, 0.6) is 0 Å². The van der Waals surface area contributed by atoms with Crippen LogP contribution in [0.4, 0.5) is 0 Å². The molecule has 144 valence electrons. The van der Waals surface area contributed by atoms with Crippen LogP contribution in [0.2, 0.25) is 0 Å². The zero-order valence-corrected chi connectivity index (χ0v) is 15.4. The van der Waals surface area contributed by atoms with Crippen molar-refractivity contribution in [2.24, 2.45) is 5.41 Å². The fourth-order valence-corrected chi connectivity index (χ4v) is 4.38. The first-order valence-electron chi connectivity index (χ1n) is 9.55. The Morgan fingerprint density at radius 2 is 1.89 bits per heavy atom. The maximum Gasteiger partial charge on any atom is 0.246 e. The fourth-order valence-electron chi connectivity index (χ4n) is 4.38. The molecule has 0 bridgehead atoms. The second-order valence-corrected chi connectivity index (χ2v) is 7.68. The van der Waals surface area contributed by atoms with Gasteiger partial charge in [-0.25, -0.2) is 0 Å². The third kappa shape index (κ3) is 3.66. The Balaban J connectivity index is 1.44. The quantitative estimate of drug-likeness (QED) is 0.852. The van der Waals surface area contributed by atoms with E-state index in [2.05, 4.69) is 10.2 Å². The molecule has 1 N–H and O–H groups in total. The summed E-state index contributed by atoms with van der Waals surface area (Å²) in [6.07, 6.45) is 3.24. The fraction of sp³-hybridized carbons (Fsp3) is 0.579.